The van der Waals surface area contributed by atoms with Crippen LogP contribution in [0, 0.1) is 6.92 Å². The molecule has 9 heteroatoms. The molecule has 1 aromatic carbocycles. The van der Waals surface area contributed by atoms with Crippen LogP contribution in [0.4, 0.5) is 8.78 Å². The van der Waals surface area contributed by atoms with Crippen molar-refractivity contribution in [3.8, 4) is 11.3 Å². The zero-order valence-electron chi connectivity index (χ0n) is 13.8. The highest BCUT2D eigenvalue weighted by Crippen LogP contribution is 2.34. The van der Waals surface area contributed by atoms with Crippen molar-refractivity contribution in [2.24, 2.45) is 0 Å². The molecule has 0 N–H and O–H groups in total. The minimum Gasteiger partial charge on any atom is -0.468 e. The fourth-order valence-corrected chi connectivity index (χ4v) is 2.96. The van der Waals surface area contributed by atoms with Crippen molar-refractivity contribution in [1.82, 2.24) is 14.8 Å². The van der Waals surface area contributed by atoms with Crippen LogP contribution >= 0.6 is 23.2 Å². The van der Waals surface area contributed by atoms with E-state index in [1.54, 1.807) is 25.1 Å². The van der Waals surface area contributed by atoms with E-state index in [-0.39, 0.29) is 33.9 Å². The van der Waals surface area contributed by atoms with Gasteiger partial charge in [-0.3, -0.25) is 4.79 Å². The van der Waals surface area contributed by atoms with Gasteiger partial charge in [-0.05, 0) is 25.1 Å². The minimum atomic E-state index is -2.74. The number of carbonyl (C=O) groups is 1. The third-order valence-corrected chi connectivity index (χ3v) is 4.60. The first kappa shape index (κ1) is 18.5. The zero-order valence-corrected chi connectivity index (χ0v) is 15.3. The van der Waals surface area contributed by atoms with Crippen LogP contribution in [-0.4, -0.2) is 27.8 Å². The lowest BCUT2D eigenvalue weighted by Gasteiger charge is -2.09. The Bertz CT molecular complexity index is 1010. The van der Waals surface area contributed by atoms with Crippen molar-refractivity contribution in [1.29, 1.82) is 0 Å². The topological polar surface area (TPSA) is 57.0 Å². The summed E-state index contributed by atoms with van der Waals surface area (Å²) in [6, 6.07) is 6.03. The molecule has 0 radical (unpaired) electrons. The summed E-state index contributed by atoms with van der Waals surface area (Å²) < 4.78 is 33.2. The number of aromatic nitrogens is 3. The number of ether oxygens (including phenoxy) is 1. The highest BCUT2D eigenvalue weighted by atomic mass is 35.5. The van der Waals surface area contributed by atoms with E-state index in [1.807, 2.05) is 0 Å². The number of aryl methyl sites for hydroxylation is 1. The number of methoxy groups -OCH3 is 1. The number of rotatable bonds is 4. The van der Waals surface area contributed by atoms with Gasteiger partial charge in [-0.15, -0.1) is 0 Å². The largest absolute Gasteiger partial charge is 0.468 e. The van der Waals surface area contributed by atoms with Gasteiger partial charge in [0.2, 0.25) is 0 Å². The normalized spacial score (nSPS) is 11.3. The van der Waals surface area contributed by atoms with E-state index in [0.717, 1.165) is 0 Å². The summed E-state index contributed by atoms with van der Waals surface area (Å²) in [5.41, 5.74) is 1.10. The van der Waals surface area contributed by atoms with Gasteiger partial charge in [0.25, 0.3) is 6.43 Å². The Morgan fingerprint density at radius 3 is 2.62 bits per heavy atom. The Morgan fingerprint density at radius 1 is 1.27 bits per heavy atom. The molecule has 2 heterocycles. The molecule has 5 nitrogen and oxygen atoms in total. The summed E-state index contributed by atoms with van der Waals surface area (Å²) >= 11 is 11.9. The number of alkyl halides is 2. The molecule has 0 saturated carbocycles. The van der Waals surface area contributed by atoms with Crippen LogP contribution in [0.25, 0.3) is 22.3 Å². The maximum absolute atomic E-state index is 13.7. The van der Waals surface area contributed by atoms with Crippen LogP contribution < -0.4 is 0 Å². The Hall–Kier alpha value is -2.25. The second-order valence-electron chi connectivity index (χ2n) is 5.54. The lowest BCUT2D eigenvalue weighted by Crippen LogP contribution is -2.13. The summed E-state index contributed by atoms with van der Waals surface area (Å²) in [7, 11) is 1.24. The van der Waals surface area contributed by atoms with Gasteiger partial charge in [0.05, 0.1) is 33.9 Å². The molecular weight excluding hydrogens is 387 g/mol. The number of hydrogen-bond acceptors (Lipinski definition) is 4. The molecule has 0 aliphatic heterocycles. The lowest BCUT2D eigenvalue weighted by molar-refractivity contribution is -0.141. The highest BCUT2D eigenvalue weighted by Gasteiger charge is 2.22. The molecule has 3 aromatic rings. The van der Waals surface area contributed by atoms with Gasteiger partial charge in [0.15, 0.2) is 5.65 Å². The number of carbonyl (C=O) groups excluding carboxylic acids is 1. The third-order valence-electron chi connectivity index (χ3n) is 3.86. The predicted molar refractivity (Wildman–Crippen MR) is 94.7 cm³/mol. The maximum Gasteiger partial charge on any atom is 0.327 e. The van der Waals surface area contributed by atoms with E-state index in [2.05, 4.69) is 14.8 Å². The molecule has 2 aromatic heterocycles. The summed E-state index contributed by atoms with van der Waals surface area (Å²) in [5, 5.41) is 5.00. The lowest BCUT2D eigenvalue weighted by atomic mass is 10.1. The molecule has 0 spiro atoms. The van der Waals surface area contributed by atoms with Crippen molar-refractivity contribution in [2.75, 3.05) is 7.11 Å². The quantitative estimate of drug-likeness (QED) is 0.589. The summed E-state index contributed by atoms with van der Waals surface area (Å²) in [6.07, 6.45) is -2.74. The van der Waals surface area contributed by atoms with Crippen molar-refractivity contribution in [3.05, 3.63) is 45.6 Å². The number of nitrogens with zero attached hydrogens (tertiary/aromatic N) is 3. The fourth-order valence-electron chi connectivity index (χ4n) is 2.66. The Morgan fingerprint density at radius 2 is 2.00 bits per heavy atom. The van der Waals surface area contributed by atoms with Gasteiger partial charge in [0.1, 0.15) is 6.54 Å². The molecule has 0 aliphatic carbocycles. The number of halogens is 4. The molecular formula is C17H13Cl2F2N3O2. The van der Waals surface area contributed by atoms with Crippen LogP contribution in [-0.2, 0) is 16.1 Å². The van der Waals surface area contributed by atoms with Crippen LogP contribution in [0.15, 0.2) is 24.3 Å². The summed E-state index contributed by atoms with van der Waals surface area (Å²) in [4.78, 5) is 16.0. The monoisotopic (exact) mass is 399 g/mol. The van der Waals surface area contributed by atoms with Gasteiger partial charge in [-0.25, -0.2) is 18.4 Å². The number of hydrogen-bond donors (Lipinski definition) is 0. The second-order valence-corrected chi connectivity index (χ2v) is 6.36. The Balaban J connectivity index is 2.26. The van der Waals surface area contributed by atoms with Crippen LogP contribution in [0.5, 0.6) is 0 Å². The van der Waals surface area contributed by atoms with Crippen molar-refractivity contribution < 1.29 is 18.3 Å². The van der Waals surface area contributed by atoms with Gasteiger partial charge >= 0.3 is 5.97 Å². The van der Waals surface area contributed by atoms with Gasteiger partial charge < -0.3 is 4.74 Å². The van der Waals surface area contributed by atoms with Gasteiger partial charge in [-0.1, -0.05) is 29.3 Å². The SMILES string of the molecule is COC(=O)Cn1nc(C)c2c(C(F)F)cc(-c3ccc(Cl)c(Cl)c3)nc21. The zero-order chi connectivity index (χ0) is 19.0. The second kappa shape index (κ2) is 7.17. The molecule has 0 aliphatic rings. The highest BCUT2D eigenvalue weighted by molar-refractivity contribution is 6.42. The molecule has 3 rings (SSSR count). The molecule has 0 fully saturated rings. The van der Waals surface area contributed by atoms with Gasteiger partial charge in [0, 0.05) is 11.1 Å². The van der Waals surface area contributed by atoms with Crippen molar-refractivity contribution in [2.45, 2.75) is 19.9 Å². The van der Waals surface area contributed by atoms with E-state index in [4.69, 9.17) is 23.2 Å². The molecule has 0 amide bonds. The third kappa shape index (κ3) is 3.37. The number of esters is 1. The first-order valence-corrected chi connectivity index (χ1v) is 8.26. The van der Waals surface area contributed by atoms with E-state index >= 15 is 0 Å². The Kier molecular flexibility index (Phi) is 5.11. The molecule has 0 saturated heterocycles. The fraction of sp³-hybridized carbons (Fsp3) is 0.235. The minimum absolute atomic E-state index is 0.173. The van der Waals surface area contributed by atoms with E-state index in [0.29, 0.717) is 16.3 Å². The summed E-state index contributed by atoms with van der Waals surface area (Å²) in [5.74, 6) is -0.560. The summed E-state index contributed by atoms with van der Waals surface area (Å²) in [6.45, 7) is 1.35. The molecule has 0 atom stereocenters. The molecule has 136 valence electrons. The average molecular weight is 400 g/mol. The predicted octanol–water partition coefficient (Wildman–Crippen LogP) is 4.82. The first-order valence-electron chi connectivity index (χ1n) is 7.50. The van der Waals surface area contributed by atoms with Crippen LogP contribution in [0.2, 0.25) is 10.0 Å². The number of pyridine rings is 1. The van der Waals surface area contributed by atoms with Crippen LogP contribution in [0.3, 0.4) is 0 Å². The van der Waals surface area contributed by atoms with Crippen LogP contribution in [0.1, 0.15) is 17.7 Å². The first-order chi connectivity index (χ1) is 12.3. The van der Waals surface area contributed by atoms with E-state index in [1.165, 1.54) is 17.9 Å². The average Bonchev–Trinajstić information content (AvgIpc) is 2.92. The number of fused-ring (bicyclic) bond motifs is 1. The van der Waals surface area contributed by atoms with Crippen molar-refractivity contribution >= 4 is 40.2 Å². The maximum atomic E-state index is 13.7. The number of benzene rings is 1. The van der Waals surface area contributed by atoms with E-state index in [9.17, 15) is 13.6 Å². The van der Waals surface area contributed by atoms with Crippen molar-refractivity contribution in [3.63, 3.8) is 0 Å². The van der Waals surface area contributed by atoms with E-state index < -0.39 is 12.4 Å². The van der Waals surface area contributed by atoms with Gasteiger partial charge in [-0.2, -0.15) is 5.10 Å². The molecule has 0 unspecified atom stereocenters. The molecule has 0 bridgehead atoms. The Labute approximate surface area is 157 Å². The smallest absolute Gasteiger partial charge is 0.327 e. The molecule has 26 heavy (non-hydrogen) atoms. The standard InChI is InChI=1S/C17H13Cl2F2N3O2/c1-8-15-10(16(20)21)6-13(9-3-4-11(18)12(19)5-9)22-17(15)24(23-8)7-14(25)26-2/h3-6,16H,7H2,1-2H3.